The molecule has 0 radical (unpaired) electrons. The van der Waals surface area contributed by atoms with Gasteiger partial charge in [0.2, 0.25) is 21.8 Å². The standard InChI is InChI=1S/C20H25N3O7S/c1-11(23-18(25)15-5-3-4-6-16(15)19(23)26)20(27)30-12(2)17(24)22-13-7-9-14(10-8-13)31(21,28)29/h7-12,15-16H,3-6H2,1-2H3,(H,22,24)(H2,21,28,29). The number of carbonyl (C=O) groups is 4. The van der Waals surface area contributed by atoms with Gasteiger partial charge in [-0.15, -0.1) is 0 Å². The molecule has 2 fully saturated rings. The molecule has 11 heteroatoms. The van der Waals surface area contributed by atoms with Gasteiger partial charge in [-0.1, -0.05) is 12.8 Å². The van der Waals surface area contributed by atoms with Gasteiger partial charge in [0.1, 0.15) is 6.04 Å². The first kappa shape index (κ1) is 22.9. The van der Waals surface area contributed by atoms with Crippen molar-refractivity contribution in [3.63, 3.8) is 0 Å². The predicted molar refractivity (Wildman–Crippen MR) is 109 cm³/mol. The van der Waals surface area contributed by atoms with E-state index in [1.807, 2.05) is 0 Å². The Balaban J connectivity index is 1.60. The second kappa shape index (κ2) is 8.75. The smallest absolute Gasteiger partial charge is 0.329 e. The maximum Gasteiger partial charge on any atom is 0.329 e. The van der Waals surface area contributed by atoms with Gasteiger partial charge in [-0.3, -0.25) is 19.3 Å². The van der Waals surface area contributed by atoms with Crippen molar-refractivity contribution in [2.75, 3.05) is 5.32 Å². The number of ether oxygens (including phenoxy) is 1. The van der Waals surface area contributed by atoms with Crippen molar-refractivity contribution >= 4 is 39.4 Å². The summed E-state index contributed by atoms with van der Waals surface area (Å²) in [6.45, 7) is 2.76. The van der Waals surface area contributed by atoms with Gasteiger partial charge in [0.05, 0.1) is 16.7 Å². The SMILES string of the molecule is CC(OC(=O)C(C)N1C(=O)C2CCCCC2C1=O)C(=O)Nc1ccc(S(N)(=O)=O)cc1. The fraction of sp³-hybridized carbons (Fsp3) is 0.500. The number of fused-ring (bicyclic) bond motifs is 1. The Morgan fingerprint density at radius 3 is 2.06 bits per heavy atom. The summed E-state index contributed by atoms with van der Waals surface area (Å²) in [5.41, 5.74) is 0.280. The number of hydrogen-bond acceptors (Lipinski definition) is 7. The Morgan fingerprint density at radius 1 is 1.06 bits per heavy atom. The molecule has 1 aromatic rings. The van der Waals surface area contributed by atoms with E-state index >= 15 is 0 Å². The lowest BCUT2D eigenvalue weighted by atomic mass is 9.81. The van der Waals surface area contributed by atoms with Crippen LogP contribution < -0.4 is 10.5 Å². The van der Waals surface area contributed by atoms with Crippen LogP contribution in [0.1, 0.15) is 39.5 Å². The van der Waals surface area contributed by atoms with Gasteiger partial charge in [-0.05, 0) is 51.0 Å². The predicted octanol–water partition coefficient (Wildman–Crippen LogP) is 0.768. The van der Waals surface area contributed by atoms with Gasteiger partial charge in [0.15, 0.2) is 6.10 Å². The molecule has 4 atom stereocenters. The number of nitrogens with one attached hydrogen (secondary N) is 1. The first-order chi connectivity index (χ1) is 14.5. The molecule has 2 aliphatic rings. The minimum atomic E-state index is -3.86. The molecule has 1 aromatic carbocycles. The van der Waals surface area contributed by atoms with Crippen molar-refractivity contribution in [3.8, 4) is 0 Å². The van der Waals surface area contributed by atoms with Gasteiger partial charge >= 0.3 is 5.97 Å². The lowest BCUT2D eigenvalue weighted by Gasteiger charge is -2.23. The van der Waals surface area contributed by atoms with Crippen LogP contribution in [0.2, 0.25) is 0 Å². The zero-order valence-corrected chi connectivity index (χ0v) is 18.1. The topological polar surface area (TPSA) is 153 Å². The maximum atomic E-state index is 12.6. The summed E-state index contributed by atoms with van der Waals surface area (Å²) in [7, 11) is -3.86. The van der Waals surface area contributed by atoms with Crippen LogP contribution >= 0.6 is 0 Å². The molecule has 31 heavy (non-hydrogen) atoms. The van der Waals surface area contributed by atoms with E-state index in [1.54, 1.807) is 0 Å². The highest BCUT2D eigenvalue weighted by atomic mass is 32.2. The summed E-state index contributed by atoms with van der Waals surface area (Å²) in [5.74, 6) is -2.98. The highest BCUT2D eigenvalue weighted by Crippen LogP contribution is 2.39. The van der Waals surface area contributed by atoms with Crippen LogP contribution in [-0.2, 0) is 33.9 Å². The molecule has 1 saturated heterocycles. The van der Waals surface area contributed by atoms with Gasteiger partial charge in [0, 0.05) is 5.69 Å². The van der Waals surface area contributed by atoms with Gasteiger partial charge in [-0.2, -0.15) is 0 Å². The molecule has 4 unspecified atom stereocenters. The fourth-order valence-electron chi connectivity index (χ4n) is 3.97. The van der Waals surface area contributed by atoms with E-state index in [0.29, 0.717) is 12.8 Å². The quantitative estimate of drug-likeness (QED) is 0.478. The fourth-order valence-corrected chi connectivity index (χ4v) is 4.49. The monoisotopic (exact) mass is 451 g/mol. The van der Waals surface area contributed by atoms with Crippen molar-refractivity contribution < 1.29 is 32.3 Å². The number of rotatable bonds is 6. The Morgan fingerprint density at radius 2 is 1.58 bits per heavy atom. The van der Waals surface area contributed by atoms with Crippen LogP contribution in [0.5, 0.6) is 0 Å². The number of imide groups is 1. The van der Waals surface area contributed by atoms with Crippen LogP contribution in [-0.4, -0.2) is 49.2 Å². The van der Waals surface area contributed by atoms with E-state index < -0.39 is 34.0 Å². The van der Waals surface area contributed by atoms with E-state index in [4.69, 9.17) is 9.88 Å². The lowest BCUT2D eigenvalue weighted by molar-refractivity contribution is -0.163. The van der Waals surface area contributed by atoms with Crippen LogP contribution in [0.3, 0.4) is 0 Å². The molecule has 0 spiro atoms. The first-order valence-electron chi connectivity index (χ1n) is 10.0. The lowest BCUT2D eigenvalue weighted by Crippen LogP contribution is -2.46. The van der Waals surface area contributed by atoms with Crippen LogP contribution in [0.25, 0.3) is 0 Å². The number of esters is 1. The third-order valence-corrected chi connectivity index (χ3v) is 6.65. The van der Waals surface area contributed by atoms with Crippen molar-refractivity contribution in [1.82, 2.24) is 4.90 Å². The van der Waals surface area contributed by atoms with Gasteiger partial charge < -0.3 is 10.1 Å². The van der Waals surface area contributed by atoms with Crippen molar-refractivity contribution in [2.45, 2.75) is 56.6 Å². The van der Waals surface area contributed by atoms with Crippen LogP contribution in [0.15, 0.2) is 29.2 Å². The first-order valence-corrected chi connectivity index (χ1v) is 11.6. The van der Waals surface area contributed by atoms with E-state index in [0.717, 1.165) is 17.7 Å². The molecule has 1 heterocycles. The summed E-state index contributed by atoms with van der Waals surface area (Å²) < 4.78 is 27.7. The van der Waals surface area contributed by atoms with Gasteiger partial charge in [-0.25, -0.2) is 18.4 Å². The number of likely N-dealkylation sites (tertiary alicyclic amines) is 1. The number of primary sulfonamides is 1. The summed E-state index contributed by atoms with van der Waals surface area (Å²) in [5, 5.41) is 7.52. The van der Waals surface area contributed by atoms with E-state index in [-0.39, 0.29) is 34.2 Å². The Bertz CT molecular complexity index is 982. The minimum Gasteiger partial charge on any atom is -0.451 e. The van der Waals surface area contributed by atoms with Crippen molar-refractivity contribution in [2.24, 2.45) is 17.0 Å². The molecule has 0 aromatic heterocycles. The average molecular weight is 452 g/mol. The molecule has 1 aliphatic heterocycles. The minimum absolute atomic E-state index is 0.112. The number of nitrogens with zero attached hydrogens (tertiary/aromatic N) is 1. The Hall–Kier alpha value is -2.79. The van der Waals surface area contributed by atoms with E-state index in [1.165, 1.54) is 38.1 Å². The number of amides is 3. The molecule has 3 rings (SSSR count). The molecule has 10 nitrogen and oxygen atoms in total. The molecule has 168 valence electrons. The third kappa shape index (κ3) is 4.77. The number of anilines is 1. The summed E-state index contributed by atoms with van der Waals surface area (Å²) in [4.78, 5) is 51.0. The highest BCUT2D eigenvalue weighted by molar-refractivity contribution is 7.89. The number of sulfonamides is 1. The molecule has 0 bridgehead atoms. The van der Waals surface area contributed by atoms with Crippen molar-refractivity contribution in [3.05, 3.63) is 24.3 Å². The number of carbonyl (C=O) groups excluding carboxylic acids is 4. The van der Waals surface area contributed by atoms with Crippen LogP contribution in [0, 0.1) is 11.8 Å². The molecule has 1 saturated carbocycles. The summed E-state index contributed by atoms with van der Waals surface area (Å²) in [6, 6.07) is 4.02. The average Bonchev–Trinajstić information content (AvgIpc) is 2.97. The number of benzene rings is 1. The molecule has 3 amide bonds. The molecular weight excluding hydrogens is 426 g/mol. The summed E-state index contributed by atoms with van der Waals surface area (Å²) >= 11 is 0. The second-order valence-corrected chi connectivity index (χ2v) is 9.42. The van der Waals surface area contributed by atoms with Crippen LogP contribution in [0.4, 0.5) is 5.69 Å². The van der Waals surface area contributed by atoms with E-state index in [9.17, 15) is 27.6 Å². The third-order valence-electron chi connectivity index (χ3n) is 5.72. The highest BCUT2D eigenvalue weighted by Gasteiger charge is 2.51. The Kier molecular flexibility index (Phi) is 6.46. The number of nitrogens with two attached hydrogens (primary N) is 1. The van der Waals surface area contributed by atoms with E-state index in [2.05, 4.69) is 5.32 Å². The number of hydrogen-bond donors (Lipinski definition) is 2. The van der Waals surface area contributed by atoms with Crippen molar-refractivity contribution in [1.29, 1.82) is 0 Å². The summed E-state index contributed by atoms with van der Waals surface area (Å²) in [6.07, 6.45) is 1.82. The largest absolute Gasteiger partial charge is 0.451 e. The molecular formula is C20H25N3O7S. The Labute approximate surface area is 180 Å². The maximum absolute atomic E-state index is 12.6. The second-order valence-electron chi connectivity index (χ2n) is 7.86. The normalized spacial score (nSPS) is 23.1. The van der Waals surface area contributed by atoms with Gasteiger partial charge in [0.25, 0.3) is 5.91 Å². The zero-order chi connectivity index (χ0) is 22.9. The zero-order valence-electron chi connectivity index (χ0n) is 17.2. The molecule has 3 N–H and O–H groups in total. The molecule has 1 aliphatic carbocycles.